The van der Waals surface area contributed by atoms with E-state index in [2.05, 4.69) is 14.6 Å². The summed E-state index contributed by atoms with van der Waals surface area (Å²) < 4.78 is 46.8. The van der Waals surface area contributed by atoms with Gasteiger partial charge in [0.05, 0.1) is 16.1 Å². The smallest absolute Gasteiger partial charge is 0.253 e. The molecule has 0 spiro atoms. The molecule has 9 heteroatoms. The van der Waals surface area contributed by atoms with Gasteiger partial charge in [0.15, 0.2) is 0 Å². The van der Waals surface area contributed by atoms with Gasteiger partial charge in [-0.25, -0.2) is 17.5 Å². The van der Waals surface area contributed by atoms with Crippen LogP contribution in [0.3, 0.4) is 0 Å². The van der Waals surface area contributed by atoms with E-state index in [1.54, 1.807) is 58.9 Å². The minimum absolute atomic E-state index is 0.0212. The predicted molar refractivity (Wildman–Crippen MR) is 157 cm³/mol. The van der Waals surface area contributed by atoms with Crippen molar-refractivity contribution in [2.75, 3.05) is 6.54 Å². The first-order valence-corrected chi connectivity index (χ1v) is 15.5. The Bertz CT molecular complexity index is 1510. The maximum Gasteiger partial charge on any atom is 0.253 e. The van der Waals surface area contributed by atoms with E-state index in [4.69, 9.17) is 0 Å². The van der Waals surface area contributed by atoms with Crippen LogP contribution in [-0.4, -0.2) is 41.7 Å². The van der Waals surface area contributed by atoms with Crippen LogP contribution in [0.15, 0.2) is 41.3 Å². The Kier molecular flexibility index (Phi) is 8.50. The second-order valence-corrected chi connectivity index (χ2v) is 14.4. The molecule has 1 aromatic heterocycles. The van der Waals surface area contributed by atoms with Gasteiger partial charge in [0, 0.05) is 41.0 Å². The summed E-state index contributed by atoms with van der Waals surface area (Å²) in [5.74, 6) is -0.476. The van der Waals surface area contributed by atoms with Crippen molar-refractivity contribution in [2.24, 2.45) is 5.92 Å². The molecule has 3 N–H and O–H groups in total. The van der Waals surface area contributed by atoms with Crippen LogP contribution < -0.4 is 10.0 Å². The molecule has 1 aliphatic carbocycles. The Morgan fingerprint density at radius 1 is 1.07 bits per heavy atom. The van der Waals surface area contributed by atoms with E-state index >= 15 is 4.39 Å². The van der Waals surface area contributed by atoms with Crippen LogP contribution in [0.5, 0.6) is 0 Å². The lowest BCUT2D eigenvalue weighted by molar-refractivity contribution is 0.0694. The summed E-state index contributed by atoms with van der Waals surface area (Å²) in [6, 6.07) is 9.54. The number of sulfonamides is 1. The number of carbonyl (C=O) groups excluding carboxylic acids is 1. The molecule has 2 aromatic carbocycles. The van der Waals surface area contributed by atoms with E-state index in [0.29, 0.717) is 29.0 Å². The maximum absolute atomic E-state index is 15.4. The van der Waals surface area contributed by atoms with Gasteiger partial charge in [-0.2, -0.15) is 0 Å². The van der Waals surface area contributed by atoms with Crippen LogP contribution in [0.25, 0.3) is 22.0 Å². The van der Waals surface area contributed by atoms with Gasteiger partial charge in [-0.05, 0) is 83.9 Å². The topological polar surface area (TPSA) is 100 Å². The number of fused-ring (bicyclic) bond motifs is 1. The van der Waals surface area contributed by atoms with Gasteiger partial charge in [-0.1, -0.05) is 37.5 Å². The van der Waals surface area contributed by atoms with E-state index in [9.17, 15) is 18.3 Å². The van der Waals surface area contributed by atoms with Gasteiger partial charge >= 0.3 is 0 Å². The summed E-state index contributed by atoms with van der Waals surface area (Å²) in [4.78, 5) is 13.1. The fraction of sp³-hybridized carbons (Fsp3) is 0.516. The zero-order valence-corrected chi connectivity index (χ0v) is 25.2. The van der Waals surface area contributed by atoms with Crippen molar-refractivity contribution in [3.05, 3.63) is 53.5 Å². The highest BCUT2D eigenvalue weighted by molar-refractivity contribution is 7.89. The number of aliphatic hydroxyl groups is 1. The van der Waals surface area contributed by atoms with Gasteiger partial charge in [0.2, 0.25) is 10.0 Å². The number of amides is 1. The summed E-state index contributed by atoms with van der Waals surface area (Å²) >= 11 is 0. The molecule has 0 radical (unpaired) electrons. The SMILES string of the molecule is Cc1c(C(=O)NCC(C)(C)O)cc(-c2ccc(S(=O)(=O)NC(C)(C)C)c3c(F)cccc23)n1CC1CCCCC1. The van der Waals surface area contributed by atoms with Gasteiger partial charge in [-0.15, -0.1) is 0 Å². The number of halogens is 1. The summed E-state index contributed by atoms with van der Waals surface area (Å²) in [6.45, 7) is 11.2. The van der Waals surface area contributed by atoms with Crippen LogP contribution in [0.4, 0.5) is 4.39 Å². The Hall–Kier alpha value is -2.75. The molecule has 1 aliphatic rings. The second kappa shape index (κ2) is 11.3. The summed E-state index contributed by atoms with van der Waals surface area (Å²) in [6.07, 6.45) is 5.76. The predicted octanol–water partition coefficient (Wildman–Crippen LogP) is 5.91. The van der Waals surface area contributed by atoms with Crippen molar-refractivity contribution in [2.45, 2.75) is 96.2 Å². The van der Waals surface area contributed by atoms with Crippen LogP contribution >= 0.6 is 0 Å². The van der Waals surface area contributed by atoms with Crippen molar-refractivity contribution in [3.8, 4) is 11.3 Å². The number of nitrogens with one attached hydrogen (secondary N) is 2. The fourth-order valence-corrected chi connectivity index (χ4v) is 7.23. The average molecular weight is 572 g/mol. The van der Waals surface area contributed by atoms with Gasteiger partial charge in [0.1, 0.15) is 5.82 Å². The molecular formula is C31H42FN3O4S. The van der Waals surface area contributed by atoms with Crippen molar-refractivity contribution in [3.63, 3.8) is 0 Å². The van der Waals surface area contributed by atoms with E-state index < -0.39 is 27.0 Å². The lowest BCUT2D eigenvalue weighted by atomic mass is 9.89. The number of benzene rings is 2. The minimum Gasteiger partial charge on any atom is -0.389 e. The van der Waals surface area contributed by atoms with E-state index in [1.807, 2.05) is 6.92 Å². The molecule has 40 heavy (non-hydrogen) atoms. The number of nitrogens with zero attached hydrogens (tertiary/aromatic N) is 1. The Labute approximate surface area is 237 Å². The maximum atomic E-state index is 15.4. The molecule has 0 aliphatic heterocycles. The molecule has 218 valence electrons. The molecule has 1 fully saturated rings. The molecule has 7 nitrogen and oxygen atoms in total. The van der Waals surface area contributed by atoms with Crippen molar-refractivity contribution < 1.29 is 22.7 Å². The van der Waals surface area contributed by atoms with Crippen molar-refractivity contribution >= 4 is 26.7 Å². The number of aromatic nitrogens is 1. The van der Waals surface area contributed by atoms with Gasteiger partial charge in [0.25, 0.3) is 5.91 Å². The highest BCUT2D eigenvalue weighted by atomic mass is 32.2. The normalized spacial score (nSPS) is 15.5. The second-order valence-electron chi connectivity index (χ2n) is 12.8. The minimum atomic E-state index is -4.02. The number of carbonyl (C=O) groups is 1. The number of hydrogen-bond acceptors (Lipinski definition) is 4. The number of hydrogen-bond donors (Lipinski definition) is 3. The van der Waals surface area contributed by atoms with Crippen molar-refractivity contribution in [1.29, 1.82) is 0 Å². The Morgan fingerprint density at radius 2 is 1.75 bits per heavy atom. The van der Waals surface area contributed by atoms with Gasteiger partial charge in [-0.3, -0.25) is 4.79 Å². The molecule has 0 atom stereocenters. The lowest BCUT2D eigenvalue weighted by Gasteiger charge is -2.25. The summed E-state index contributed by atoms with van der Waals surface area (Å²) in [5, 5.41) is 13.4. The first-order chi connectivity index (χ1) is 18.6. The van der Waals surface area contributed by atoms with Crippen LogP contribution in [0.2, 0.25) is 0 Å². The monoisotopic (exact) mass is 571 g/mol. The first-order valence-electron chi connectivity index (χ1n) is 14.0. The van der Waals surface area contributed by atoms with E-state index in [0.717, 1.165) is 24.2 Å². The molecule has 0 unspecified atom stereocenters. The molecule has 1 saturated carbocycles. The molecule has 0 bridgehead atoms. The zero-order chi connectivity index (χ0) is 29.5. The average Bonchev–Trinajstić information content (AvgIpc) is 3.16. The zero-order valence-electron chi connectivity index (χ0n) is 24.4. The third kappa shape index (κ3) is 6.75. The van der Waals surface area contributed by atoms with Crippen molar-refractivity contribution in [1.82, 2.24) is 14.6 Å². The molecule has 1 heterocycles. The third-order valence-electron chi connectivity index (χ3n) is 7.42. The third-order valence-corrected chi connectivity index (χ3v) is 9.22. The molecule has 1 amide bonds. The highest BCUT2D eigenvalue weighted by Gasteiger charge is 2.28. The molecular weight excluding hydrogens is 529 g/mol. The van der Waals surface area contributed by atoms with E-state index in [-0.39, 0.29) is 22.7 Å². The largest absolute Gasteiger partial charge is 0.389 e. The van der Waals surface area contributed by atoms with Crippen LogP contribution in [0, 0.1) is 18.7 Å². The number of rotatable bonds is 8. The summed E-state index contributed by atoms with van der Waals surface area (Å²) in [5.41, 5.74) is 0.846. The van der Waals surface area contributed by atoms with E-state index in [1.165, 1.54) is 31.4 Å². The highest BCUT2D eigenvalue weighted by Crippen LogP contribution is 2.38. The quantitative estimate of drug-likeness (QED) is 0.313. The Morgan fingerprint density at radius 3 is 2.38 bits per heavy atom. The van der Waals surface area contributed by atoms with Crippen LogP contribution in [0.1, 0.15) is 82.8 Å². The fourth-order valence-electron chi connectivity index (χ4n) is 5.59. The van der Waals surface area contributed by atoms with Gasteiger partial charge < -0.3 is 15.0 Å². The van der Waals surface area contributed by atoms with Crippen LogP contribution in [-0.2, 0) is 16.6 Å². The molecule has 4 rings (SSSR count). The standard InChI is InChI=1S/C31H42FN3O4S/c1-20-24(29(36)33-19-31(5,6)37)17-26(35(20)18-21-11-8-7-9-12-21)22-15-16-27(40(38,39)34-30(2,3)4)28-23(22)13-10-14-25(28)32/h10,13-17,21,34,37H,7-9,11-12,18-19H2,1-6H3,(H,33,36). The lowest BCUT2D eigenvalue weighted by Crippen LogP contribution is -2.40. The Balaban J connectivity index is 1.90. The first kappa shape index (κ1) is 30.2. The molecule has 0 saturated heterocycles. The molecule has 3 aromatic rings. The summed E-state index contributed by atoms with van der Waals surface area (Å²) in [7, 11) is -4.02.